The summed E-state index contributed by atoms with van der Waals surface area (Å²) in [5.74, 6) is -0.558. The normalized spacial score (nSPS) is 11.2. The third kappa shape index (κ3) is 3.18. The predicted octanol–water partition coefficient (Wildman–Crippen LogP) is 2.12. The molecular weight excluding hydrogens is 278 g/mol. The smallest absolute Gasteiger partial charge is 0.362 e. The van der Waals surface area contributed by atoms with Crippen molar-refractivity contribution in [1.82, 2.24) is 9.97 Å². The average molecular weight is 291 g/mol. The molecule has 2 rings (SSSR count). The summed E-state index contributed by atoms with van der Waals surface area (Å²) in [7, 11) is 1.37. The maximum absolute atomic E-state index is 11.8. The van der Waals surface area contributed by atoms with Crippen LogP contribution in [-0.4, -0.2) is 35.4 Å². The molecule has 0 spiro atoms. The summed E-state index contributed by atoms with van der Waals surface area (Å²) in [6, 6.07) is 3.72. The largest absolute Gasteiger partial charge is 0.461 e. The lowest BCUT2D eigenvalue weighted by Gasteiger charge is -2.02. The van der Waals surface area contributed by atoms with Gasteiger partial charge in [-0.2, -0.15) is 0 Å². The summed E-state index contributed by atoms with van der Waals surface area (Å²) in [6.45, 7) is 1.99. The number of esters is 1. The van der Waals surface area contributed by atoms with Gasteiger partial charge in [-0.05, 0) is 19.1 Å². The second kappa shape index (κ2) is 6.76. The van der Waals surface area contributed by atoms with Crippen molar-refractivity contribution in [2.75, 3.05) is 13.7 Å². The van der Waals surface area contributed by atoms with E-state index in [1.165, 1.54) is 18.4 Å². The van der Waals surface area contributed by atoms with Crippen molar-refractivity contribution in [2.45, 2.75) is 6.92 Å². The van der Waals surface area contributed by atoms with E-state index >= 15 is 0 Å². The van der Waals surface area contributed by atoms with Crippen LogP contribution in [0.5, 0.6) is 0 Å². The monoisotopic (exact) mass is 291 g/mol. The molecule has 20 heavy (non-hydrogen) atoms. The Hall–Kier alpha value is -2.28. The van der Waals surface area contributed by atoms with Crippen LogP contribution < -0.4 is 0 Å². The van der Waals surface area contributed by atoms with Gasteiger partial charge in [-0.15, -0.1) is 11.3 Å². The molecule has 0 fully saturated rings. The Morgan fingerprint density at radius 1 is 1.50 bits per heavy atom. The molecule has 2 aromatic heterocycles. The summed E-state index contributed by atoms with van der Waals surface area (Å²) in [6.07, 6.45) is 3.40. The fourth-order valence-electron chi connectivity index (χ4n) is 1.48. The average Bonchev–Trinajstić information content (AvgIpc) is 2.95. The van der Waals surface area contributed by atoms with E-state index in [-0.39, 0.29) is 12.3 Å². The fourth-order valence-corrected chi connectivity index (χ4v) is 2.28. The van der Waals surface area contributed by atoms with Crippen LogP contribution in [0.15, 0.2) is 35.1 Å². The molecule has 2 heterocycles. The highest BCUT2D eigenvalue weighted by Crippen LogP contribution is 2.23. The number of aromatic nitrogens is 2. The van der Waals surface area contributed by atoms with Gasteiger partial charge in [-0.25, -0.2) is 9.78 Å². The minimum Gasteiger partial charge on any atom is -0.461 e. The lowest BCUT2D eigenvalue weighted by atomic mass is 10.3. The van der Waals surface area contributed by atoms with Gasteiger partial charge < -0.3 is 9.57 Å². The lowest BCUT2D eigenvalue weighted by molar-refractivity contribution is -0.135. The maximum Gasteiger partial charge on any atom is 0.362 e. The second-order valence-corrected chi connectivity index (χ2v) is 4.48. The van der Waals surface area contributed by atoms with Gasteiger partial charge in [0.1, 0.15) is 17.8 Å². The topological polar surface area (TPSA) is 73.7 Å². The Labute approximate surface area is 120 Å². The Morgan fingerprint density at radius 3 is 3.00 bits per heavy atom. The Balaban J connectivity index is 2.30. The van der Waals surface area contributed by atoms with E-state index < -0.39 is 5.97 Å². The van der Waals surface area contributed by atoms with Crippen LogP contribution >= 0.6 is 11.3 Å². The zero-order chi connectivity index (χ0) is 14.4. The lowest BCUT2D eigenvalue weighted by Crippen LogP contribution is -2.19. The molecule has 0 aliphatic rings. The number of hydrogen-bond donors (Lipinski definition) is 0. The van der Waals surface area contributed by atoms with Crippen LogP contribution in [0.2, 0.25) is 0 Å². The second-order valence-electron chi connectivity index (χ2n) is 3.62. The molecule has 0 amide bonds. The number of hydrogen-bond acceptors (Lipinski definition) is 7. The molecule has 0 aliphatic heterocycles. The summed E-state index contributed by atoms with van der Waals surface area (Å²) in [5, 5.41) is 6.17. The van der Waals surface area contributed by atoms with Crippen molar-refractivity contribution in [2.24, 2.45) is 5.16 Å². The van der Waals surface area contributed by atoms with Gasteiger partial charge in [0.2, 0.25) is 5.71 Å². The Morgan fingerprint density at radius 2 is 2.35 bits per heavy atom. The Kier molecular flexibility index (Phi) is 4.78. The highest BCUT2D eigenvalue weighted by atomic mass is 32.1. The molecule has 0 atom stereocenters. The van der Waals surface area contributed by atoms with Gasteiger partial charge in [0.25, 0.3) is 0 Å². The minimum atomic E-state index is -0.558. The SMILES string of the molecule is CCOC(=O)/C(=N/OC)c1csc(-c2cccnc2)n1. The minimum absolute atomic E-state index is 0.0562. The summed E-state index contributed by atoms with van der Waals surface area (Å²) >= 11 is 1.40. The number of ether oxygens (including phenoxy) is 1. The predicted molar refractivity (Wildman–Crippen MR) is 75.5 cm³/mol. The fraction of sp³-hybridized carbons (Fsp3) is 0.231. The number of carbonyl (C=O) groups is 1. The van der Waals surface area contributed by atoms with Crippen molar-refractivity contribution in [3.63, 3.8) is 0 Å². The molecular formula is C13H13N3O3S. The van der Waals surface area contributed by atoms with Gasteiger partial charge >= 0.3 is 5.97 Å². The third-order valence-corrected chi connectivity index (χ3v) is 3.20. The molecule has 104 valence electrons. The zero-order valence-electron chi connectivity index (χ0n) is 11.1. The molecule has 6 nitrogen and oxygen atoms in total. The van der Waals surface area contributed by atoms with E-state index in [1.54, 1.807) is 24.7 Å². The molecule has 0 unspecified atom stereocenters. The number of oxime groups is 1. The van der Waals surface area contributed by atoms with E-state index in [9.17, 15) is 4.79 Å². The summed E-state index contributed by atoms with van der Waals surface area (Å²) < 4.78 is 4.93. The van der Waals surface area contributed by atoms with E-state index in [0.717, 1.165) is 10.6 Å². The van der Waals surface area contributed by atoms with Gasteiger partial charge in [-0.1, -0.05) is 5.16 Å². The highest BCUT2D eigenvalue weighted by Gasteiger charge is 2.20. The zero-order valence-corrected chi connectivity index (χ0v) is 11.9. The molecule has 2 aromatic rings. The van der Waals surface area contributed by atoms with Crippen LogP contribution in [-0.2, 0) is 14.4 Å². The van der Waals surface area contributed by atoms with Crippen molar-refractivity contribution in [3.05, 3.63) is 35.6 Å². The quantitative estimate of drug-likeness (QED) is 0.479. The summed E-state index contributed by atoms with van der Waals surface area (Å²) in [5.41, 5.74) is 1.36. The molecule has 7 heteroatoms. The third-order valence-electron chi connectivity index (χ3n) is 2.31. The standard InChI is InChI=1S/C13H13N3O3S/c1-3-19-13(17)11(16-18-2)10-8-20-12(15-10)9-5-4-6-14-7-9/h4-8H,3H2,1-2H3/b16-11+. The van der Waals surface area contributed by atoms with Crippen LogP contribution in [0.4, 0.5) is 0 Å². The van der Waals surface area contributed by atoms with Crippen molar-refractivity contribution >= 4 is 23.0 Å². The van der Waals surface area contributed by atoms with E-state index in [0.29, 0.717) is 5.69 Å². The summed E-state index contributed by atoms with van der Waals surface area (Å²) in [4.78, 5) is 24.9. The van der Waals surface area contributed by atoms with E-state index in [1.807, 2.05) is 12.1 Å². The molecule has 0 bridgehead atoms. The van der Waals surface area contributed by atoms with Gasteiger partial charge in [0.15, 0.2) is 0 Å². The van der Waals surface area contributed by atoms with E-state index in [4.69, 9.17) is 4.74 Å². The number of rotatable bonds is 5. The van der Waals surface area contributed by atoms with Crippen molar-refractivity contribution in [1.29, 1.82) is 0 Å². The number of thiazole rings is 1. The molecule has 0 saturated heterocycles. The van der Waals surface area contributed by atoms with Crippen LogP contribution in [0.25, 0.3) is 10.6 Å². The molecule has 0 N–H and O–H groups in total. The van der Waals surface area contributed by atoms with Crippen LogP contribution in [0.3, 0.4) is 0 Å². The number of pyridine rings is 1. The first-order chi connectivity index (χ1) is 9.76. The first-order valence-electron chi connectivity index (χ1n) is 5.90. The van der Waals surface area contributed by atoms with Crippen molar-refractivity contribution < 1.29 is 14.4 Å². The number of carbonyl (C=O) groups excluding carboxylic acids is 1. The maximum atomic E-state index is 11.8. The Bertz CT molecular complexity index is 610. The van der Waals surface area contributed by atoms with Gasteiger partial charge in [0, 0.05) is 23.3 Å². The van der Waals surface area contributed by atoms with E-state index in [2.05, 4.69) is 20.0 Å². The number of nitrogens with zero attached hydrogens (tertiary/aromatic N) is 3. The molecule has 0 radical (unpaired) electrons. The van der Waals surface area contributed by atoms with Crippen LogP contribution in [0.1, 0.15) is 12.6 Å². The molecule has 0 aliphatic carbocycles. The first kappa shape index (κ1) is 14.1. The van der Waals surface area contributed by atoms with Gasteiger partial charge in [0.05, 0.1) is 6.61 Å². The highest BCUT2D eigenvalue weighted by molar-refractivity contribution is 7.13. The molecule has 0 aromatic carbocycles. The molecule has 0 saturated carbocycles. The first-order valence-corrected chi connectivity index (χ1v) is 6.78. The van der Waals surface area contributed by atoms with Gasteiger partial charge in [-0.3, -0.25) is 4.98 Å². The van der Waals surface area contributed by atoms with Crippen molar-refractivity contribution in [3.8, 4) is 10.6 Å². The van der Waals surface area contributed by atoms with Crippen LogP contribution in [0, 0.1) is 0 Å².